The van der Waals surface area contributed by atoms with Gasteiger partial charge < -0.3 is 9.72 Å². The Hall–Kier alpha value is -1.13. The first-order valence-corrected chi connectivity index (χ1v) is 4.56. The molecule has 74 valence electrons. The van der Waals surface area contributed by atoms with Crippen molar-refractivity contribution in [2.45, 2.75) is 6.54 Å². The van der Waals surface area contributed by atoms with Crippen LogP contribution in [0.15, 0.2) is 18.6 Å². The van der Waals surface area contributed by atoms with Crippen molar-refractivity contribution in [2.24, 2.45) is 0 Å². The van der Waals surface area contributed by atoms with E-state index < -0.39 is 5.82 Å². The Labute approximate surface area is 85.5 Å². The molecule has 0 unspecified atom stereocenters. The third kappa shape index (κ3) is 1.36. The van der Waals surface area contributed by atoms with E-state index in [0.29, 0.717) is 17.8 Å². The maximum atomic E-state index is 13.6. The second kappa shape index (κ2) is 3.55. The van der Waals surface area contributed by atoms with Gasteiger partial charge >= 0.3 is 0 Å². The fourth-order valence-electron chi connectivity index (χ4n) is 1.38. The van der Waals surface area contributed by atoms with Crippen molar-refractivity contribution in [1.29, 1.82) is 0 Å². The Morgan fingerprint density at radius 3 is 3.14 bits per heavy atom. The second-order valence-electron chi connectivity index (χ2n) is 2.96. The van der Waals surface area contributed by atoms with E-state index >= 15 is 0 Å². The minimum Gasteiger partial charge on any atom is -0.314 e. The lowest BCUT2D eigenvalue weighted by Crippen LogP contribution is -2.06. The van der Waals surface area contributed by atoms with Crippen molar-refractivity contribution < 1.29 is 4.39 Å². The molecule has 0 saturated carbocycles. The first-order valence-electron chi connectivity index (χ1n) is 4.18. The Morgan fingerprint density at radius 2 is 2.43 bits per heavy atom. The van der Waals surface area contributed by atoms with Crippen LogP contribution in [-0.4, -0.2) is 16.4 Å². The number of pyridine rings is 1. The fourth-order valence-corrected chi connectivity index (χ4v) is 1.53. The van der Waals surface area contributed by atoms with Gasteiger partial charge in [-0.3, -0.25) is 0 Å². The number of fused-ring (bicyclic) bond motifs is 1. The first-order chi connectivity index (χ1) is 6.74. The van der Waals surface area contributed by atoms with Crippen molar-refractivity contribution >= 4 is 17.1 Å². The molecule has 0 aliphatic carbocycles. The Bertz CT molecular complexity index is 466. The van der Waals surface area contributed by atoms with Crippen LogP contribution < -0.4 is 5.32 Å². The molecule has 2 heterocycles. The van der Waals surface area contributed by atoms with E-state index in [1.54, 1.807) is 24.0 Å². The number of aromatic nitrogens is 2. The van der Waals surface area contributed by atoms with Crippen LogP contribution in [0.4, 0.5) is 4.39 Å². The molecule has 1 N–H and O–H groups in total. The van der Waals surface area contributed by atoms with Crippen molar-refractivity contribution in [3.63, 3.8) is 0 Å². The van der Waals surface area contributed by atoms with Crippen LogP contribution in [0, 0.1) is 5.82 Å². The van der Waals surface area contributed by atoms with E-state index in [-0.39, 0.29) is 5.02 Å². The quantitative estimate of drug-likeness (QED) is 0.825. The third-order valence-electron chi connectivity index (χ3n) is 2.01. The average Bonchev–Trinajstić information content (AvgIpc) is 2.57. The van der Waals surface area contributed by atoms with Gasteiger partial charge in [0, 0.05) is 12.7 Å². The summed E-state index contributed by atoms with van der Waals surface area (Å²) < 4.78 is 15.2. The van der Waals surface area contributed by atoms with Crippen LogP contribution in [0.1, 0.15) is 5.69 Å². The van der Waals surface area contributed by atoms with Crippen LogP contribution in [-0.2, 0) is 6.54 Å². The summed E-state index contributed by atoms with van der Waals surface area (Å²) in [5.74, 6) is -0.420. The lowest BCUT2D eigenvalue weighted by atomic mass is 10.3. The fraction of sp³-hybridized carbons (Fsp3) is 0.222. The number of halogens is 2. The number of rotatable bonds is 2. The van der Waals surface area contributed by atoms with E-state index in [1.165, 1.54) is 6.07 Å². The van der Waals surface area contributed by atoms with Crippen molar-refractivity contribution in [1.82, 2.24) is 14.7 Å². The highest BCUT2D eigenvalue weighted by atomic mass is 35.5. The molecule has 0 atom stereocenters. The van der Waals surface area contributed by atoms with Gasteiger partial charge in [0.05, 0.1) is 17.0 Å². The number of hydrogen-bond acceptors (Lipinski definition) is 2. The summed E-state index contributed by atoms with van der Waals surface area (Å²) in [6.45, 7) is 0.522. The maximum Gasteiger partial charge on any atom is 0.167 e. The molecule has 0 bridgehead atoms. The minimum absolute atomic E-state index is 0.121. The van der Waals surface area contributed by atoms with Crippen molar-refractivity contribution in [3.05, 3.63) is 35.1 Å². The summed E-state index contributed by atoms with van der Waals surface area (Å²) in [4.78, 5) is 4.09. The van der Waals surface area contributed by atoms with E-state index in [0.717, 1.165) is 0 Å². The minimum atomic E-state index is -0.420. The highest BCUT2D eigenvalue weighted by molar-refractivity contribution is 6.31. The predicted octanol–water partition coefficient (Wildman–Crippen LogP) is 1.85. The van der Waals surface area contributed by atoms with Gasteiger partial charge in [-0.2, -0.15) is 0 Å². The van der Waals surface area contributed by atoms with Gasteiger partial charge in [0.25, 0.3) is 0 Å². The summed E-state index contributed by atoms with van der Waals surface area (Å²) in [7, 11) is 1.79. The van der Waals surface area contributed by atoms with Crippen LogP contribution in [0.3, 0.4) is 0 Å². The normalized spacial score (nSPS) is 11.1. The molecular weight excluding hydrogens is 205 g/mol. The summed E-state index contributed by atoms with van der Waals surface area (Å²) in [5, 5.41) is 3.04. The Morgan fingerprint density at radius 1 is 1.64 bits per heavy atom. The van der Waals surface area contributed by atoms with Gasteiger partial charge in [-0.15, -0.1) is 0 Å². The highest BCUT2D eigenvalue weighted by Crippen LogP contribution is 2.21. The Kier molecular flexibility index (Phi) is 2.39. The lowest BCUT2D eigenvalue weighted by molar-refractivity contribution is 0.631. The van der Waals surface area contributed by atoms with Gasteiger partial charge in [-0.1, -0.05) is 11.6 Å². The molecule has 0 saturated heterocycles. The highest BCUT2D eigenvalue weighted by Gasteiger charge is 2.11. The molecule has 5 heteroatoms. The number of nitrogens with one attached hydrogen (secondary N) is 1. The number of imidazole rings is 1. The van der Waals surface area contributed by atoms with Gasteiger partial charge in [0.2, 0.25) is 0 Å². The number of hydrogen-bond donors (Lipinski definition) is 1. The zero-order valence-electron chi connectivity index (χ0n) is 7.59. The molecule has 0 aliphatic rings. The Balaban J connectivity index is 2.69. The van der Waals surface area contributed by atoms with E-state index in [1.807, 2.05) is 0 Å². The standard InChI is InChI=1S/C9H9ClFN3/c1-12-4-7-9-8(11)6(10)2-3-14(9)5-13-7/h2-3,5,12H,4H2,1H3. The largest absolute Gasteiger partial charge is 0.314 e. The van der Waals surface area contributed by atoms with Crippen LogP contribution >= 0.6 is 11.6 Å². The number of nitrogens with zero attached hydrogens (tertiary/aromatic N) is 2. The summed E-state index contributed by atoms with van der Waals surface area (Å²) >= 11 is 5.68. The summed E-state index contributed by atoms with van der Waals surface area (Å²) in [5.41, 5.74) is 1.10. The zero-order valence-corrected chi connectivity index (χ0v) is 8.35. The molecule has 0 radical (unpaired) electrons. The maximum absolute atomic E-state index is 13.6. The van der Waals surface area contributed by atoms with Gasteiger partial charge in [0.1, 0.15) is 5.52 Å². The summed E-state index contributed by atoms with van der Waals surface area (Å²) in [6.07, 6.45) is 3.26. The van der Waals surface area contributed by atoms with E-state index in [2.05, 4.69) is 10.3 Å². The molecule has 14 heavy (non-hydrogen) atoms. The van der Waals surface area contributed by atoms with Crippen molar-refractivity contribution in [2.75, 3.05) is 7.05 Å². The smallest absolute Gasteiger partial charge is 0.167 e. The predicted molar refractivity (Wildman–Crippen MR) is 52.9 cm³/mol. The molecular formula is C9H9ClFN3. The van der Waals surface area contributed by atoms with Crippen LogP contribution in [0.5, 0.6) is 0 Å². The van der Waals surface area contributed by atoms with Crippen LogP contribution in [0.2, 0.25) is 5.02 Å². The molecule has 0 amide bonds. The van der Waals surface area contributed by atoms with Gasteiger partial charge in [-0.25, -0.2) is 9.37 Å². The summed E-state index contributed by atoms with van der Waals surface area (Å²) in [6, 6.07) is 1.51. The monoisotopic (exact) mass is 213 g/mol. The molecule has 0 aromatic carbocycles. The molecule has 0 spiro atoms. The molecule has 0 fully saturated rings. The second-order valence-corrected chi connectivity index (χ2v) is 3.36. The molecule has 0 aliphatic heterocycles. The van der Waals surface area contributed by atoms with Gasteiger partial charge in [-0.05, 0) is 13.1 Å². The van der Waals surface area contributed by atoms with E-state index in [4.69, 9.17) is 11.6 Å². The molecule has 3 nitrogen and oxygen atoms in total. The van der Waals surface area contributed by atoms with Crippen LogP contribution in [0.25, 0.3) is 5.52 Å². The SMILES string of the molecule is CNCc1ncn2ccc(Cl)c(F)c12. The molecule has 2 aromatic rings. The zero-order chi connectivity index (χ0) is 10.1. The molecule has 2 aromatic heterocycles. The van der Waals surface area contributed by atoms with E-state index in [9.17, 15) is 4.39 Å². The topological polar surface area (TPSA) is 29.3 Å². The first kappa shape index (κ1) is 9.43. The van der Waals surface area contributed by atoms with Crippen molar-refractivity contribution in [3.8, 4) is 0 Å². The average molecular weight is 214 g/mol. The molecule has 2 rings (SSSR count). The van der Waals surface area contributed by atoms with Gasteiger partial charge in [0.15, 0.2) is 5.82 Å². The lowest BCUT2D eigenvalue weighted by Gasteiger charge is -2.00. The third-order valence-corrected chi connectivity index (χ3v) is 2.30.